The number of nitrogens with two attached hydrogens (primary N) is 1. The van der Waals surface area contributed by atoms with Gasteiger partial charge >= 0.3 is 0 Å². The Labute approximate surface area is 180 Å². The highest BCUT2D eigenvalue weighted by molar-refractivity contribution is 5.10. The van der Waals surface area contributed by atoms with Gasteiger partial charge in [-0.3, -0.25) is 5.84 Å². The van der Waals surface area contributed by atoms with Crippen molar-refractivity contribution in [3.63, 3.8) is 0 Å². The van der Waals surface area contributed by atoms with Gasteiger partial charge in [0, 0.05) is 6.04 Å². The average molecular weight is 402 g/mol. The third-order valence-corrected chi connectivity index (χ3v) is 10.8. The van der Waals surface area contributed by atoms with Crippen molar-refractivity contribution in [3.05, 3.63) is 12.7 Å². The molecule has 0 saturated heterocycles. The highest BCUT2D eigenvalue weighted by atomic mass is 15.5. The van der Waals surface area contributed by atoms with Crippen LogP contribution in [0.1, 0.15) is 97.8 Å². The fraction of sp³-hybridized carbons (Fsp3) is 0.923. The van der Waals surface area contributed by atoms with E-state index in [1.54, 1.807) is 0 Å². The first-order chi connectivity index (χ1) is 13.9. The number of unbranched alkanes of at least 4 members (excludes halogenated alkanes) is 1. The maximum atomic E-state index is 5.55. The molecule has 0 radical (unpaired) electrons. The topological polar surface area (TPSA) is 50.1 Å². The van der Waals surface area contributed by atoms with Gasteiger partial charge < -0.3 is 0 Å². The average Bonchev–Trinajstić information content (AvgIpc) is 3.06. The van der Waals surface area contributed by atoms with E-state index in [1.807, 2.05) is 0 Å². The Morgan fingerprint density at radius 3 is 2.55 bits per heavy atom. The molecule has 9 unspecified atom stereocenters. The molecule has 0 heterocycles. The maximum Gasteiger partial charge on any atom is 0.0229 e. The second-order valence-electron chi connectivity index (χ2n) is 11.8. The van der Waals surface area contributed by atoms with Crippen LogP contribution in [0.3, 0.4) is 0 Å². The predicted molar refractivity (Wildman–Crippen MR) is 123 cm³/mol. The Hall–Kier alpha value is -0.380. The van der Waals surface area contributed by atoms with Crippen LogP contribution >= 0.6 is 0 Å². The zero-order valence-corrected chi connectivity index (χ0v) is 19.4. The molecule has 0 aliphatic heterocycles. The molecule has 4 aliphatic rings. The van der Waals surface area contributed by atoms with Gasteiger partial charge in [-0.1, -0.05) is 33.3 Å². The van der Waals surface area contributed by atoms with Gasteiger partial charge in [-0.15, -0.1) is 6.58 Å². The van der Waals surface area contributed by atoms with E-state index in [-0.39, 0.29) is 0 Å². The van der Waals surface area contributed by atoms with E-state index in [9.17, 15) is 0 Å². The summed E-state index contributed by atoms with van der Waals surface area (Å²) in [5, 5.41) is 0. The first-order valence-corrected chi connectivity index (χ1v) is 12.8. The van der Waals surface area contributed by atoms with Gasteiger partial charge in [0.1, 0.15) is 0 Å². The van der Waals surface area contributed by atoms with Gasteiger partial charge in [0.25, 0.3) is 0 Å². The zero-order chi connectivity index (χ0) is 20.6. The number of hydrogen-bond donors (Lipinski definition) is 3. The van der Waals surface area contributed by atoms with Gasteiger partial charge in [-0.25, -0.2) is 5.43 Å². The molecule has 0 bridgehead atoms. The van der Waals surface area contributed by atoms with Gasteiger partial charge in [-0.2, -0.15) is 5.53 Å². The van der Waals surface area contributed by atoms with Crippen molar-refractivity contribution >= 4 is 0 Å². The third-order valence-electron chi connectivity index (χ3n) is 10.8. The number of fused-ring (bicyclic) bond motifs is 5. The van der Waals surface area contributed by atoms with Crippen molar-refractivity contribution < 1.29 is 0 Å². The number of nitrogens with one attached hydrogen (secondary N) is 2. The van der Waals surface area contributed by atoms with Crippen molar-refractivity contribution in [1.29, 1.82) is 0 Å². The van der Waals surface area contributed by atoms with Gasteiger partial charge in [0.05, 0.1) is 0 Å². The molecule has 0 aromatic rings. The standard InChI is InChI=1S/C26H47N3/c1-5-6-7-8-18(2)22-11-12-23-21-10-9-19-17-20(28-29-27)13-15-25(19,3)24(21)14-16-26(22,23)4/h5,18-24,28-29H,1,6-17,27H2,2-4H3. The highest BCUT2D eigenvalue weighted by Gasteiger charge is 2.60. The van der Waals surface area contributed by atoms with Crippen molar-refractivity contribution in [1.82, 2.24) is 11.0 Å². The summed E-state index contributed by atoms with van der Waals surface area (Å²) in [6.45, 7) is 11.9. The fourth-order valence-corrected chi connectivity index (χ4v) is 9.27. The molecule has 3 heteroatoms. The molecule has 0 amide bonds. The summed E-state index contributed by atoms with van der Waals surface area (Å²) in [4.78, 5) is 0. The predicted octanol–water partition coefficient (Wildman–Crippen LogP) is 5.97. The second-order valence-corrected chi connectivity index (χ2v) is 11.8. The van der Waals surface area contributed by atoms with Crippen LogP contribution in [-0.4, -0.2) is 6.04 Å². The van der Waals surface area contributed by atoms with E-state index in [0.717, 1.165) is 35.5 Å². The van der Waals surface area contributed by atoms with Crippen LogP contribution < -0.4 is 16.8 Å². The van der Waals surface area contributed by atoms with E-state index >= 15 is 0 Å². The third kappa shape index (κ3) is 3.74. The van der Waals surface area contributed by atoms with Crippen LogP contribution in [0.4, 0.5) is 0 Å². The monoisotopic (exact) mass is 401 g/mol. The highest BCUT2D eigenvalue weighted by Crippen LogP contribution is 2.68. The molecule has 166 valence electrons. The Morgan fingerprint density at radius 1 is 1.03 bits per heavy atom. The quantitative estimate of drug-likeness (QED) is 0.213. The molecule has 4 saturated carbocycles. The van der Waals surface area contributed by atoms with E-state index in [4.69, 9.17) is 5.84 Å². The SMILES string of the molecule is C=CCCCC(C)C1CCC2C3CCC4CC(NNN)CCC4(C)C3CCC12C. The number of hydrazine groups is 2. The molecule has 29 heavy (non-hydrogen) atoms. The molecule has 4 rings (SSSR count). The molecule has 0 aromatic carbocycles. The first kappa shape index (κ1) is 21.8. The Kier molecular flexibility index (Phi) is 6.50. The van der Waals surface area contributed by atoms with E-state index < -0.39 is 0 Å². The minimum absolute atomic E-state index is 0.566. The number of rotatable bonds is 7. The maximum absolute atomic E-state index is 5.55. The van der Waals surface area contributed by atoms with Crippen molar-refractivity contribution in [2.75, 3.05) is 0 Å². The largest absolute Gasteiger partial charge is 0.258 e. The Morgan fingerprint density at radius 2 is 1.79 bits per heavy atom. The molecule has 0 aromatic heterocycles. The van der Waals surface area contributed by atoms with Crippen LogP contribution in [0.15, 0.2) is 12.7 Å². The normalized spacial score (nSPS) is 47.7. The van der Waals surface area contributed by atoms with E-state index in [2.05, 4.69) is 44.4 Å². The van der Waals surface area contributed by atoms with Gasteiger partial charge in [0.15, 0.2) is 0 Å². The molecule has 3 nitrogen and oxygen atoms in total. The van der Waals surface area contributed by atoms with Crippen molar-refractivity contribution in [2.24, 2.45) is 52.2 Å². The van der Waals surface area contributed by atoms with Gasteiger partial charge in [0.2, 0.25) is 0 Å². The molecular weight excluding hydrogens is 354 g/mol. The zero-order valence-electron chi connectivity index (χ0n) is 19.4. The minimum atomic E-state index is 0.566. The van der Waals surface area contributed by atoms with Crippen molar-refractivity contribution in [3.8, 4) is 0 Å². The number of allylic oxidation sites excluding steroid dienone is 1. The summed E-state index contributed by atoms with van der Waals surface area (Å²) >= 11 is 0. The molecule has 4 aliphatic carbocycles. The lowest BCUT2D eigenvalue weighted by molar-refractivity contribution is -0.118. The number of hydrogen-bond acceptors (Lipinski definition) is 3. The van der Waals surface area contributed by atoms with Gasteiger partial charge in [-0.05, 0) is 117 Å². The molecule has 9 atom stereocenters. The summed E-state index contributed by atoms with van der Waals surface area (Å²) in [5.74, 6) is 11.2. The lowest BCUT2D eigenvalue weighted by atomic mass is 9.44. The summed E-state index contributed by atoms with van der Waals surface area (Å²) in [5.41, 5.74) is 7.21. The lowest BCUT2D eigenvalue weighted by Gasteiger charge is -2.61. The summed E-state index contributed by atoms with van der Waals surface area (Å²) in [7, 11) is 0. The van der Waals surface area contributed by atoms with E-state index in [1.165, 1.54) is 77.0 Å². The van der Waals surface area contributed by atoms with Crippen LogP contribution in [0.2, 0.25) is 0 Å². The van der Waals surface area contributed by atoms with Crippen LogP contribution in [0.25, 0.3) is 0 Å². The summed E-state index contributed by atoms with van der Waals surface area (Å²) in [6, 6.07) is 0.566. The summed E-state index contributed by atoms with van der Waals surface area (Å²) in [6.07, 6.45) is 18.9. The summed E-state index contributed by atoms with van der Waals surface area (Å²) < 4.78 is 0. The lowest BCUT2D eigenvalue weighted by Crippen LogP contribution is -2.56. The molecule has 4 fully saturated rings. The molecule has 0 spiro atoms. The molecular formula is C26H47N3. The van der Waals surface area contributed by atoms with Crippen LogP contribution in [-0.2, 0) is 0 Å². The van der Waals surface area contributed by atoms with Crippen LogP contribution in [0.5, 0.6) is 0 Å². The minimum Gasteiger partial charge on any atom is -0.258 e. The van der Waals surface area contributed by atoms with Crippen molar-refractivity contribution in [2.45, 2.75) is 104 Å². The molecule has 4 N–H and O–H groups in total. The first-order valence-electron chi connectivity index (χ1n) is 12.8. The van der Waals surface area contributed by atoms with Crippen LogP contribution in [0, 0.1) is 46.3 Å². The second kappa shape index (κ2) is 8.63. The smallest absolute Gasteiger partial charge is 0.0229 e. The Bertz CT molecular complexity index is 576. The van der Waals surface area contributed by atoms with E-state index in [0.29, 0.717) is 16.9 Å². The Balaban J connectivity index is 1.46. The fourth-order valence-electron chi connectivity index (χ4n) is 9.27.